The van der Waals surface area contributed by atoms with E-state index in [0.29, 0.717) is 6.54 Å². The average Bonchev–Trinajstić information content (AvgIpc) is 2.79. The summed E-state index contributed by atoms with van der Waals surface area (Å²) in [4.78, 5) is 3.10. The Balaban J connectivity index is 1.98. The van der Waals surface area contributed by atoms with Gasteiger partial charge in [-0.05, 0) is 23.3 Å². The molecule has 0 bridgehead atoms. The molecule has 0 spiro atoms. The van der Waals surface area contributed by atoms with Gasteiger partial charge in [0.1, 0.15) is 5.82 Å². The van der Waals surface area contributed by atoms with E-state index in [9.17, 15) is 0 Å². The number of anilines is 1. The highest BCUT2D eigenvalue weighted by Crippen LogP contribution is 2.08. The molecule has 0 aliphatic heterocycles. The zero-order chi connectivity index (χ0) is 10.5. The number of benzene rings is 1. The standard InChI is InChI=1S/C12H15N3/c13-8-10-3-1-4-11(7-10)9-15-12-5-2-6-14-12/h1-7,14-15H,8-9,13H2. The lowest BCUT2D eigenvalue weighted by Gasteiger charge is -2.05. The largest absolute Gasteiger partial charge is 0.368 e. The van der Waals surface area contributed by atoms with Crippen LogP contribution in [-0.4, -0.2) is 4.98 Å². The van der Waals surface area contributed by atoms with Crippen LogP contribution in [0.5, 0.6) is 0 Å². The molecule has 1 heterocycles. The minimum atomic E-state index is 0.594. The second-order valence-electron chi connectivity index (χ2n) is 3.46. The number of hydrogen-bond acceptors (Lipinski definition) is 2. The fraction of sp³-hybridized carbons (Fsp3) is 0.167. The van der Waals surface area contributed by atoms with Gasteiger partial charge >= 0.3 is 0 Å². The van der Waals surface area contributed by atoms with Gasteiger partial charge in [0.25, 0.3) is 0 Å². The van der Waals surface area contributed by atoms with Crippen LogP contribution in [0.4, 0.5) is 5.82 Å². The molecule has 0 saturated heterocycles. The summed E-state index contributed by atoms with van der Waals surface area (Å²) >= 11 is 0. The van der Waals surface area contributed by atoms with E-state index in [1.165, 1.54) is 11.1 Å². The van der Waals surface area contributed by atoms with Crippen molar-refractivity contribution in [3.05, 3.63) is 53.7 Å². The molecule has 0 amide bonds. The minimum Gasteiger partial charge on any atom is -0.368 e. The highest BCUT2D eigenvalue weighted by Gasteiger charge is 1.95. The van der Waals surface area contributed by atoms with Crippen molar-refractivity contribution in [1.82, 2.24) is 4.98 Å². The summed E-state index contributed by atoms with van der Waals surface area (Å²) in [5, 5.41) is 3.30. The average molecular weight is 201 g/mol. The molecule has 0 aliphatic carbocycles. The Hall–Kier alpha value is -1.74. The van der Waals surface area contributed by atoms with Crippen LogP contribution in [0.25, 0.3) is 0 Å². The predicted molar refractivity (Wildman–Crippen MR) is 62.5 cm³/mol. The summed E-state index contributed by atoms with van der Waals surface area (Å²) in [6.45, 7) is 1.41. The van der Waals surface area contributed by atoms with Crippen LogP contribution < -0.4 is 11.1 Å². The molecule has 2 aromatic rings. The first-order valence-corrected chi connectivity index (χ1v) is 5.03. The molecular formula is C12H15N3. The van der Waals surface area contributed by atoms with Crippen LogP contribution in [0.15, 0.2) is 42.6 Å². The summed E-state index contributed by atoms with van der Waals surface area (Å²) in [5.74, 6) is 1.04. The molecule has 2 rings (SSSR count). The van der Waals surface area contributed by atoms with E-state index in [1.54, 1.807) is 0 Å². The number of nitrogens with one attached hydrogen (secondary N) is 2. The van der Waals surface area contributed by atoms with Gasteiger partial charge in [-0.2, -0.15) is 0 Å². The quantitative estimate of drug-likeness (QED) is 0.709. The number of aromatic amines is 1. The van der Waals surface area contributed by atoms with E-state index in [-0.39, 0.29) is 0 Å². The van der Waals surface area contributed by atoms with Crippen molar-refractivity contribution in [1.29, 1.82) is 0 Å². The number of nitrogens with two attached hydrogens (primary N) is 1. The molecule has 0 aliphatic rings. The van der Waals surface area contributed by atoms with E-state index in [4.69, 9.17) is 5.73 Å². The molecule has 3 heteroatoms. The highest BCUT2D eigenvalue weighted by atomic mass is 15.0. The molecule has 3 nitrogen and oxygen atoms in total. The third-order valence-corrected chi connectivity index (χ3v) is 2.31. The maximum Gasteiger partial charge on any atom is 0.103 e. The van der Waals surface area contributed by atoms with Crippen molar-refractivity contribution < 1.29 is 0 Å². The zero-order valence-corrected chi connectivity index (χ0v) is 8.53. The SMILES string of the molecule is NCc1cccc(CNc2ccc[nH]2)c1. The second-order valence-corrected chi connectivity index (χ2v) is 3.46. The van der Waals surface area contributed by atoms with E-state index >= 15 is 0 Å². The number of hydrogen-bond donors (Lipinski definition) is 3. The molecule has 0 radical (unpaired) electrons. The van der Waals surface area contributed by atoms with Crippen LogP contribution in [-0.2, 0) is 13.1 Å². The van der Waals surface area contributed by atoms with Crippen LogP contribution in [0.3, 0.4) is 0 Å². The summed E-state index contributed by atoms with van der Waals surface area (Å²) in [7, 11) is 0. The monoisotopic (exact) mass is 201 g/mol. The van der Waals surface area contributed by atoms with Crippen molar-refractivity contribution in [3.63, 3.8) is 0 Å². The minimum absolute atomic E-state index is 0.594. The summed E-state index contributed by atoms with van der Waals surface area (Å²) in [6, 6.07) is 12.3. The van der Waals surface area contributed by atoms with E-state index in [0.717, 1.165) is 12.4 Å². The Morgan fingerprint density at radius 1 is 1.13 bits per heavy atom. The molecule has 78 valence electrons. The third kappa shape index (κ3) is 2.60. The fourth-order valence-corrected chi connectivity index (χ4v) is 1.50. The van der Waals surface area contributed by atoms with E-state index in [1.807, 2.05) is 30.5 Å². The number of aromatic nitrogens is 1. The van der Waals surface area contributed by atoms with Gasteiger partial charge in [0.2, 0.25) is 0 Å². The van der Waals surface area contributed by atoms with E-state index < -0.39 is 0 Å². The van der Waals surface area contributed by atoms with Gasteiger partial charge in [0.15, 0.2) is 0 Å². The summed E-state index contributed by atoms with van der Waals surface area (Å²) in [5.41, 5.74) is 7.99. The second kappa shape index (κ2) is 4.66. The van der Waals surface area contributed by atoms with Crippen LogP contribution in [0.2, 0.25) is 0 Å². The Morgan fingerprint density at radius 3 is 2.73 bits per heavy atom. The van der Waals surface area contributed by atoms with Crippen molar-refractivity contribution in [2.75, 3.05) is 5.32 Å². The van der Waals surface area contributed by atoms with Gasteiger partial charge < -0.3 is 16.0 Å². The fourth-order valence-electron chi connectivity index (χ4n) is 1.50. The lowest BCUT2D eigenvalue weighted by molar-refractivity contribution is 1.05. The molecule has 4 N–H and O–H groups in total. The molecule has 1 aromatic heterocycles. The number of rotatable bonds is 4. The van der Waals surface area contributed by atoms with Crippen molar-refractivity contribution in [2.24, 2.45) is 5.73 Å². The van der Waals surface area contributed by atoms with Crippen molar-refractivity contribution >= 4 is 5.82 Å². The topological polar surface area (TPSA) is 53.8 Å². The van der Waals surface area contributed by atoms with Gasteiger partial charge in [-0.1, -0.05) is 24.3 Å². The van der Waals surface area contributed by atoms with Gasteiger partial charge in [-0.15, -0.1) is 0 Å². The molecule has 0 saturated carbocycles. The molecule has 0 atom stereocenters. The van der Waals surface area contributed by atoms with Crippen molar-refractivity contribution in [3.8, 4) is 0 Å². The highest BCUT2D eigenvalue weighted by molar-refractivity contribution is 5.36. The smallest absolute Gasteiger partial charge is 0.103 e. The first-order valence-electron chi connectivity index (χ1n) is 5.03. The zero-order valence-electron chi connectivity index (χ0n) is 8.53. The Labute approximate surface area is 89.3 Å². The Kier molecular flexibility index (Phi) is 3.05. The molecule has 1 aromatic carbocycles. The first kappa shape index (κ1) is 9.80. The van der Waals surface area contributed by atoms with Crippen LogP contribution in [0, 0.1) is 0 Å². The summed E-state index contributed by atoms with van der Waals surface area (Å²) in [6.07, 6.45) is 1.90. The van der Waals surface area contributed by atoms with Crippen molar-refractivity contribution in [2.45, 2.75) is 13.1 Å². The lowest BCUT2D eigenvalue weighted by Crippen LogP contribution is -2.01. The normalized spacial score (nSPS) is 10.2. The maximum atomic E-state index is 5.58. The number of H-pyrrole nitrogens is 1. The summed E-state index contributed by atoms with van der Waals surface area (Å²) < 4.78 is 0. The molecule has 0 unspecified atom stereocenters. The van der Waals surface area contributed by atoms with Crippen LogP contribution in [0.1, 0.15) is 11.1 Å². The predicted octanol–water partition coefficient (Wildman–Crippen LogP) is 2.09. The van der Waals surface area contributed by atoms with Gasteiger partial charge in [0.05, 0.1) is 0 Å². The van der Waals surface area contributed by atoms with E-state index in [2.05, 4.69) is 22.4 Å². The van der Waals surface area contributed by atoms with Gasteiger partial charge in [-0.25, -0.2) is 0 Å². The van der Waals surface area contributed by atoms with Gasteiger partial charge in [0, 0.05) is 19.3 Å². The Morgan fingerprint density at radius 2 is 2.00 bits per heavy atom. The van der Waals surface area contributed by atoms with Gasteiger partial charge in [-0.3, -0.25) is 0 Å². The lowest BCUT2D eigenvalue weighted by atomic mass is 10.1. The molecular weight excluding hydrogens is 186 g/mol. The molecule has 0 fully saturated rings. The Bertz CT molecular complexity index is 407. The maximum absolute atomic E-state index is 5.58. The third-order valence-electron chi connectivity index (χ3n) is 2.31. The van der Waals surface area contributed by atoms with Crippen LogP contribution >= 0.6 is 0 Å². The molecule has 15 heavy (non-hydrogen) atoms. The first-order chi connectivity index (χ1) is 7.38.